The van der Waals surface area contributed by atoms with Crippen LogP contribution in [-0.2, 0) is 4.79 Å². The van der Waals surface area contributed by atoms with Crippen LogP contribution in [-0.4, -0.2) is 41.5 Å². The van der Waals surface area contributed by atoms with Gasteiger partial charge in [0.1, 0.15) is 5.75 Å². The predicted octanol–water partition coefficient (Wildman–Crippen LogP) is 1.44. The number of carbonyl (C=O) groups is 2. The summed E-state index contributed by atoms with van der Waals surface area (Å²) >= 11 is 0. The maximum absolute atomic E-state index is 12.6. The average molecular weight is 288 g/mol. The molecule has 0 radical (unpaired) electrons. The fourth-order valence-electron chi connectivity index (χ4n) is 3.31. The van der Waals surface area contributed by atoms with Crippen LogP contribution >= 0.6 is 0 Å². The second-order valence-electron chi connectivity index (χ2n) is 6.20. The Morgan fingerprint density at radius 2 is 2.05 bits per heavy atom. The van der Waals surface area contributed by atoms with E-state index in [1.54, 1.807) is 25.1 Å². The lowest BCUT2D eigenvalue weighted by atomic mass is 9.77. The van der Waals surface area contributed by atoms with Crippen molar-refractivity contribution in [3.05, 3.63) is 29.3 Å². The molecule has 0 bridgehead atoms. The van der Waals surface area contributed by atoms with Gasteiger partial charge in [0.25, 0.3) is 5.91 Å². The predicted molar refractivity (Wildman–Crippen MR) is 78.0 cm³/mol. The maximum Gasteiger partial charge on any atom is 0.254 e. The van der Waals surface area contributed by atoms with E-state index in [9.17, 15) is 14.7 Å². The first-order valence-corrected chi connectivity index (χ1v) is 7.35. The van der Waals surface area contributed by atoms with Crippen molar-refractivity contribution in [2.24, 2.45) is 5.41 Å². The molecule has 0 saturated carbocycles. The molecule has 2 amide bonds. The van der Waals surface area contributed by atoms with Crippen LogP contribution in [0.4, 0.5) is 0 Å². The van der Waals surface area contributed by atoms with Crippen molar-refractivity contribution in [3.8, 4) is 5.75 Å². The summed E-state index contributed by atoms with van der Waals surface area (Å²) in [5.41, 5.74) is 1.23. The number of hydrogen-bond acceptors (Lipinski definition) is 3. The molecule has 0 aliphatic carbocycles. The molecule has 1 aromatic rings. The van der Waals surface area contributed by atoms with Gasteiger partial charge in [-0.2, -0.15) is 0 Å². The number of nitrogens with one attached hydrogen (secondary N) is 1. The third kappa shape index (κ3) is 2.48. The molecule has 1 spiro atoms. The quantitative estimate of drug-likeness (QED) is 0.821. The van der Waals surface area contributed by atoms with E-state index >= 15 is 0 Å². The summed E-state index contributed by atoms with van der Waals surface area (Å²) < 4.78 is 0. The van der Waals surface area contributed by atoms with Crippen molar-refractivity contribution in [1.29, 1.82) is 0 Å². The first kappa shape index (κ1) is 13.9. The van der Waals surface area contributed by atoms with Crippen molar-refractivity contribution in [3.63, 3.8) is 0 Å². The lowest BCUT2D eigenvalue weighted by molar-refractivity contribution is -0.119. The Balaban J connectivity index is 1.71. The summed E-state index contributed by atoms with van der Waals surface area (Å²) in [5, 5.41) is 12.6. The summed E-state index contributed by atoms with van der Waals surface area (Å²) in [5.74, 6) is 0.244. The number of amides is 2. The molecule has 2 aliphatic rings. The molecule has 1 aromatic carbocycles. The number of aromatic hydroxyl groups is 1. The van der Waals surface area contributed by atoms with Gasteiger partial charge in [-0.05, 0) is 37.3 Å². The average Bonchev–Trinajstić information content (AvgIpc) is 2.83. The smallest absolute Gasteiger partial charge is 0.254 e. The third-order valence-electron chi connectivity index (χ3n) is 4.84. The van der Waals surface area contributed by atoms with Gasteiger partial charge in [0, 0.05) is 37.2 Å². The number of hydrogen-bond donors (Lipinski definition) is 2. The van der Waals surface area contributed by atoms with Gasteiger partial charge in [0.15, 0.2) is 0 Å². The standard InChI is InChI=1S/C16H20N2O3/c1-11-12(3-2-4-13(11)19)15(21)18-7-5-16(6-8-18)9-14(20)17-10-16/h2-4,19H,5-10H2,1H3,(H,17,20). The van der Waals surface area contributed by atoms with Gasteiger partial charge in [-0.15, -0.1) is 0 Å². The van der Waals surface area contributed by atoms with Crippen LogP contribution in [0.5, 0.6) is 5.75 Å². The molecule has 0 unspecified atom stereocenters. The van der Waals surface area contributed by atoms with Gasteiger partial charge in [0.05, 0.1) is 0 Å². The lowest BCUT2D eigenvalue weighted by Crippen LogP contribution is -2.44. The minimum Gasteiger partial charge on any atom is -0.508 e. The molecule has 2 heterocycles. The molecule has 5 heteroatoms. The summed E-state index contributed by atoms with van der Waals surface area (Å²) in [4.78, 5) is 25.8. The van der Waals surface area contributed by atoms with Crippen molar-refractivity contribution >= 4 is 11.8 Å². The van der Waals surface area contributed by atoms with E-state index in [2.05, 4.69) is 5.32 Å². The van der Waals surface area contributed by atoms with Crippen LogP contribution in [0.15, 0.2) is 18.2 Å². The van der Waals surface area contributed by atoms with Crippen molar-refractivity contribution in [2.75, 3.05) is 19.6 Å². The molecule has 112 valence electrons. The highest BCUT2D eigenvalue weighted by molar-refractivity contribution is 5.96. The minimum absolute atomic E-state index is 0.0319. The van der Waals surface area contributed by atoms with E-state index in [4.69, 9.17) is 0 Å². The number of phenolic OH excluding ortho intramolecular Hbond substituents is 1. The highest BCUT2D eigenvalue weighted by Gasteiger charge is 2.41. The van der Waals surface area contributed by atoms with E-state index in [0.29, 0.717) is 30.6 Å². The molecule has 21 heavy (non-hydrogen) atoms. The molecule has 0 aromatic heterocycles. The van der Waals surface area contributed by atoms with Crippen LogP contribution in [0, 0.1) is 12.3 Å². The fourth-order valence-corrected chi connectivity index (χ4v) is 3.31. The minimum atomic E-state index is -0.0319. The highest BCUT2D eigenvalue weighted by atomic mass is 16.3. The van der Waals surface area contributed by atoms with E-state index in [-0.39, 0.29) is 23.0 Å². The van der Waals surface area contributed by atoms with Crippen LogP contribution in [0.1, 0.15) is 35.2 Å². The second-order valence-corrected chi connectivity index (χ2v) is 6.20. The van der Waals surface area contributed by atoms with Crippen LogP contribution in [0.3, 0.4) is 0 Å². The second kappa shape index (κ2) is 5.06. The van der Waals surface area contributed by atoms with Gasteiger partial charge >= 0.3 is 0 Å². The summed E-state index contributed by atoms with van der Waals surface area (Å²) in [7, 11) is 0. The number of likely N-dealkylation sites (tertiary alicyclic amines) is 1. The monoisotopic (exact) mass is 288 g/mol. The van der Waals surface area contributed by atoms with Gasteiger partial charge in [-0.25, -0.2) is 0 Å². The lowest BCUT2D eigenvalue weighted by Gasteiger charge is -2.38. The number of carbonyl (C=O) groups excluding carboxylic acids is 2. The topological polar surface area (TPSA) is 69.6 Å². The molecule has 2 saturated heterocycles. The van der Waals surface area contributed by atoms with E-state index < -0.39 is 0 Å². The molecule has 2 aliphatic heterocycles. The first-order valence-electron chi connectivity index (χ1n) is 7.35. The first-order chi connectivity index (χ1) is 10.0. The van der Waals surface area contributed by atoms with Crippen molar-refractivity contribution in [2.45, 2.75) is 26.2 Å². The van der Waals surface area contributed by atoms with Crippen molar-refractivity contribution < 1.29 is 14.7 Å². The van der Waals surface area contributed by atoms with Gasteiger partial charge in [0.2, 0.25) is 5.91 Å². The molecular formula is C16H20N2O3. The zero-order valence-corrected chi connectivity index (χ0v) is 12.2. The number of piperidine rings is 1. The maximum atomic E-state index is 12.6. The molecule has 0 atom stereocenters. The summed E-state index contributed by atoms with van der Waals surface area (Å²) in [6.07, 6.45) is 2.30. The van der Waals surface area contributed by atoms with Gasteiger partial charge in [-0.1, -0.05) is 6.07 Å². The Morgan fingerprint density at radius 1 is 1.33 bits per heavy atom. The van der Waals surface area contributed by atoms with E-state index in [1.807, 2.05) is 4.90 Å². The number of phenols is 1. The molecule has 5 nitrogen and oxygen atoms in total. The van der Waals surface area contributed by atoms with Crippen molar-refractivity contribution in [1.82, 2.24) is 10.2 Å². The van der Waals surface area contributed by atoms with Crippen LogP contribution in [0.25, 0.3) is 0 Å². The zero-order valence-electron chi connectivity index (χ0n) is 12.2. The Morgan fingerprint density at radius 3 is 2.67 bits per heavy atom. The Bertz CT molecular complexity index is 589. The largest absolute Gasteiger partial charge is 0.508 e. The highest BCUT2D eigenvalue weighted by Crippen LogP contribution is 2.38. The van der Waals surface area contributed by atoms with Crippen LogP contribution in [0.2, 0.25) is 0 Å². The Labute approximate surface area is 123 Å². The van der Waals surface area contributed by atoms with Gasteiger partial charge in [-0.3, -0.25) is 9.59 Å². The Kier molecular flexibility index (Phi) is 3.35. The molecule has 2 fully saturated rings. The van der Waals surface area contributed by atoms with E-state index in [1.165, 1.54) is 0 Å². The number of benzene rings is 1. The van der Waals surface area contributed by atoms with E-state index in [0.717, 1.165) is 19.4 Å². The third-order valence-corrected chi connectivity index (χ3v) is 4.84. The summed E-state index contributed by atoms with van der Waals surface area (Å²) in [6.45, 7) is 3.83. The molecular weight excluding hydrogens is 268 g/mol. The normalized spacial score (nSPS) is 20.6. The van der Waals surface area contributed by atoms with Gasteiger partial charge < -0.3 is 15.3 Å². The SMILES string of the molecule is Cc1c(O)cccc1C(=O)N1CCC2(CC1)CNC(=O)C2. The zero-order chi connectivity index (χ0) is 15.0. The summed E-state index contributed by atoms with van der Waals surface area (Å²) in [6, 6.07) is 5.04. The van der Waals surface area contributed by atoms with Crippen LogP contribution < -0.4 is 5.32 Å². The Hall–Kier alpha value is -2.04. The molecule has 2 N–H and O–H groups in total. The number of nitrogens with zero attached hydrogens (tertiary/aromatic N) is 1. The number of rotatable bonds is 1. The molecule has 3 rings (SSSR count). The fraction of sp³-hybridized carbons (Fsp3) is 0.500.